The van der Waals surface area contributed by atoms with Crippen molar-refractivity contribution in [2.75, 3.05) is 5.32 Å². The number of carbonyl (C=O) groups is 1. The summed E-state index contributed by atoms with van der Waals surface area (Å²) in [5.74, 6) is -0.0402. The number of aromatic amines is 1. The first-order valence-corrected chi connectivity index (χ1v) is 6.41. The first-order valence-electron chi connectivity index (χ1n) is 5.53. The minimum Gasteiger partial charge on any atom is -0.312 e. The van der Waals surface area contributed by atoms with E-state index in [4.69, 9.17) is 0 Å². The lowest BCUT2D eigenvalue weighted by molar-refractivity contribution is 0.102. The highest BCUT2D eigenvalue weighted by atomic mass is 32.1. The third-order valence-electron chi connectivity index (χ3n) is 2.73. The minimum atomic E-state index is -0.471. The molecule has 2 N–H and O–H groups in total. The van der Waals surface area contributed by atoms with E-state index in [1.54, 1.807) is 17.8 Å². The van der Waals surface area contributed by atoms with Crippen molar-refractivity contribution in [1.29, 1.82) is 0 Å². The number of rotatable bonds is 3. The zero-order chi connectivity index (χ0) is 12.5. The summed E-state index contributed by atoms with van der Waals surface area (Å²) in [5.41, 5.74) is 2.02. The molecule has 92 valence electrons. The van der Waals surface area contributed by atoms with Gasteiger partial charge in [0.1, 0.15) is 10.6 Å². The highest BCUT2D eigenvalue weighted by molar-refractivity contribution is 7.14. The highest BCUT2D eigenvalue weighted by Crippen LogP contribution is 2.38. The van der Waals surface area contributed by atoms with Gasteiger partial charge in [-0.05, 0) is 18.9 Å². The van der Waals surface area contributed by atoms with Crippen LogP contribution in [0.4, 0.5) is 5.00 Å². The van der Waals surface area contributed by atoms with Crippen LogP contribution in [0.25, 0.3) is 0 Å². The van der Waals surface area contributed by atoms with Gasteiger partial charge in [-0.2, -0.15) is 5.10 Å². The van der Waals surface area contributed by atoms with Crippen molar-refractivity contribution in [2.24, 2.45) is 0 Å². The highest BCUT2D eigenvalue weighted by Gasteiger charge is 2.26. The van der Waals surface area contributed by atoms with Gasteiger partial charge in [-0.3, -0.25) is 14.6 Å². The standard InChI is InChI=1S/C11H10N4O2S/c16-10(13-9-4-12-5-18-9)7-3-8(6-1-2-6)14-15-11(7)17/h3-6H,1-2H2,(H,13,16)(H,15,17). The molecule has 0 saturated heterocycles. The molecule has 1 fully saturated rings. The number of hydrogen-bond donors (Lipinski definition) is 2. The Labute approximate surface area is 106 Å². The predicted molar refractivity (Wildman–Crippen MR) is 66.9 cm³/mol. The Morgan fingerprint density at radius 2 is 2.33 bits per heavy atom. The second kappa shape index (κ2) is 4.34. The zero-order valence-corrected chi connectivity index (χ0v) is 10.2. The molecule has 1 aliphatic rings. The fourth-order valence-electron chi connectivity index (χ4n) is 1.63. The molecule has 1 saturated carbocycles. The zero-order valence-electron chi connectivity index (χ0n) is 9.34. The Balaban J connectivity index is 1.88. The van der Waals surface area contributed by atoms with Gasteiger partial charge in [-0.1, -0.05) is 0 Å². The Morgan fingerprint density at radius 1 is 1.50 bits per heavy atom. The van der Waals surface area contributed by atoms with Gasteiger partial charge in [0.2, 0.25) is 0 Å². The molecule has 2 aromatic heterocycles. The predicted octanol–water partition coefficient (Wildman–Crippen LogP) is 1.36. The molecule has 0 radical (unpaired) electrons. The summed E-state index contributed by atoms with van der Waals surface area (Å²) in [6.45, 7) is 0. The number of anilines is 1. The maximum absolute atomic E-state index is 11.9. The maximum atomic E-state index is 11.9. The van der Waals surface area contributed by atoms with Gasteiger partial charge in [0.25, 0.3) is 11.5 Å². The molecule has 3 rings (SSSR count). The van der Waals surface area contributed by atoms with Crippen molar-refractivity contribution in [2.45, 2.75) is 18.8 Å². The average molecular weight is 262 g/mol. The van der Waals surface area contributed by atoms with Crippen molar-refractivity contribution in [3.63, 3.8) is 0 Å². The number of nitrogens with zero attached hydrogens (tertiary/aromatic N) is 2. The van der Waals surface area contributed by atoms with Gasteiger partial charge in [0, 0.05) is 5.92 Å². The summed E-state index contributed by atoms with van der Waals surface area (Å²) >= 11 is 1.30. The number of nitrogens with one attached hydrogen (secondary N) is 2. The molecule has 0 atom stereocenters. The van der Waals surface area contributed by atoms with Gasteiger partial charge in [-0.25, -0.2) is 5.10 Å². The molecule has 0 spiro atoms. The summed E-state index contributed by atoms with van der Waals surface area (Å²) < 4.78 is 0. The summed E-state index contributed by atoms with van der Waals surface area (Å²) in [5, 5.41) is 9.57. The molecule has 6 nitrogen and oxygen atoms in total. The van der Waals surface area contributed by atoms with Crippen LogP contribution in [0.5, 0.6) is 0 Å². The lowest BCUT2D eigenvalue weighted by atomic mass is 10.2. The quantitative estimate of drug-likeness (QED) is 0.874. The largest absolute Gasteiger partial charge is 0.312 e. The normalized spacial score (nSPS) is 14.4. The van der Waals surface area contributed by atoms with Gasteiger partial charge >= 0.3 is 0 Å². The number of amides is 1. The number of aromatic nitrogens is 3. The first kappa shape index (κ1) is 11.1. The number of carbonyl (C=O) groups excluding carboxylic acids is 1. The van der Waals surface area contributed by atoms with Crippen LogP contribution in [0.15, 0.2) is 22.6 Å². The maximum Gasteiger partial charge on any atom is 0.277 e. The van der Waals surface area contributed by atoms with E-state index < -0.39 is 11.5 Å². The monoisotopic (exact) mass is 262 g/mol. The first-order chi connectivity index (χ1) is 8.74. The van der Waals surface area contributed by atoms with Crippen LogP contribution in [0.1, 0.15) is 34.8 Å². The fourth-order valence-corrected chi connectivity index (χ4v) is 2.14. The van der Waals surface area contributed by atoms with E-state index in [9.17, 15) is 9.59 Å². The molecule has 0 aromatic carbocycles. The molecule has 1 aliphatic carbocycles. The lowest BCUT2D eigenvalue weighted by Gasteiger charge is -2.02. The van der Waals surface area contributed by atoms with Crippen LogP contribution in [-0.2, 0) is 0 Å². The molecule has 0 unspecified atom stereocenters. The smallest absolute Gasteiger partial charge is 0.277 e. The van der Waals surface area contributed by atoms with Crippen molar-refractivity contribution in [3.8, 4) is 0 Å². The van der Waals surface area contributed by atoms with Crippen LogP contribution in [0.3, 0.4) is 0 Å². The van der Waals surface area contributed by atoms with E-state index in [1.165, 1.54) is 11.3 Å². The molecule has 0 aliphatic heterocycles. The molecule has 2 heterocycles. The second-order valence-electron chi connectivity index (χ2n) is 4.13. The number of H-pyrrole nitrogens is 1. The van der Waals surface area contributed by atoms with Gasteiger partial charge in [0.15, 0.2) is 0 Å². The summed E-state index contributed by atoms with van der Waals surface area (Å²) in [4.78, 5) is 27.4. The summed E-state index contributed by atoms with van der Waals surface area (Å²) in [6.07, 6.45) is 3.67. The van der Waals surface area contributed by atoms with Crippen LogP contribution in [0, 0.1) is 0 Å². The van der Waals surface area contributed by atoms with Gasteiger partial charge in [0.05, 0.1) is 17.4 Å². The van der Waals surface area contributed by atoms with Crippen LogP contribution < -0.4 is 10.9 Å². The third kappa shape index (κ3) is 2.17. The van der Waals surface area contributed by atoms with E-state index in [1.807, 2.05) is 0 Å². The molecular weight excluding hydrogens is 252 g/mol. The average Bonchev–Trinajstić information content (AvgIpc) is 3.09. The van der Waals surface area contributed by atoms with E-state index in [0.717, 1.165) is 18.5 Å². The fraction of sp³-hybridized carbons (Fsp3) is 0.273. The lowest BCUT2D eigenvalue weighted by Crippen LogP contribution is -2.24. The molecule has 7 heteroatoms. The van der Waals surface area contributed by atoms with Crippen LogP contribution in [0.2, 0.25) is 0 Å². The molecule has 1 amide bonds. The van der Waals surface area contributed by atoms with Crippen molar-refractivity contribution < 1.29 is 4.79 Å². The topological polar surface area (TPSA) is 87.7 Å². The van der Waals surface area contributed by atoms with Crippen LogP contribution in [-0.4, -0.2) is 21.1 Å². The molecule has 18 heavy (non-hydrogen) atoms. The molecule has 0 bridgehead atoms. The molecule has 2 aromatic rings. The summed E-state index contributed by atoms with van der Waals surface area (Å²) in [7, 11) is 0. The SMILES string of the molecule is O=C(Nc1cncs1)c1cc(C2CC2)n[nH]c1=O. The van der Waals surface area contributed by atoms with E-state index in [0.29, 0.717) is 10.9 Å². The Bertz CT molecular complexity index is 631. The third-order valence-corrected chi connectivity index (χ3v) is 3.42. The van der Waals surface area contributed by atoms with Crippen molar-refractivity contribution >= 4 is 22.2 Å². The van der Waals surface area contributed by atoms with Crippen LogP contribution >= 0.6 is 11.3 Å². The minimum absolute atomic E-state index is 0.0975. The summed E-state index contributed by atoms with van der Waals surface area (Å²) in [6, 6.07) is 1.58. The van der Waals surface area contributed by atoms with E-state index in [-0.39, 0.29) is 5.56 Å². The number of hydrogen-bond acceptors (Lipinski definition) is 5. The Kier molecular flexibility index (Phi) is 2.67. The Hall–Kier alpha value is -2.02. The van der Waals surface area contributed by atoms with Crippen molar-refractivity contribution in [3.05, 3.63) is 39.4 Å². The van der Waals surface area contributed by atoms with E-state index >= 15 is 0 Å². The second-order valence-corrected chi connectivity index (χ2v) is 5.02. The van der Waals surface area contributed by atoms with Gasteiger partial charge in [-0.15, -0.1) is 11.3 Å². The molecular formula is C11H10N4O2S. The number of thiazole rings is 1. The van der Waals surface area contributed by atoms with Crippen molar-refractivity contribution in [1.82, 2.24) is 15.2 Å². The van der Waals surface area contributed by atoms with Gasteiger partial charge < -0.3 is 5.32 Å². The van der Waals surface area contributed by atoms with E-state index in [2.05, 4.69) is 20.5 Å². The Morgan fingerprint density at radius 3 is 3.00 bits per heavy atom.